The standard InChI is InChI=1S/C13H16F5NO/c14-12(15,13(16,17)18)11(20)19-10-5-6-4-9(10)8-3-1-2-7(6)8/h6-10H,1-5H2,(H,19,20). The minimum absolute atomic E-state index is 0.0838. The van der Waals surface area contributed by atoms with Gasteiger partial charge in [0, 0.05) is 6.04 Å². The van der Waals surface area contributed by atoms with E-state index < -0.39 is 24.0 Å². The molecule has 0 aliphatic heterocycles. The molecule has 3 fully saturated rings. The Bertz CT molecular complexity index is 421. The lowest BCUT2D eigenvalue weighted by Crippen LogP contribution is -2.54. The molecule has 3 rings (SSSR count). The van der Waals surface area contributed by atoms with Gasteiger partial charge in [-0.3, -0.25) is 4.79 Å². The van der Waals surface area contributed by atoms with Crippen molar-refractivity contribution in [2.24, 2.45) is 23.7 Å². The number of hydrogen-bond donors (Lipinski definition) is 1. The fraction of sp³-hybridized carbons (Fsp3) is 0.923. The van der Waals surface area contributed by atoms with Gasteiger partial charge in [-0.05, 0) is 49.4 Å². The summed E-state index contributed by atoms with van der Waals surface area (Å²) in [5.74, 6) is -6.03. The zero-order valence-electron chi connectivity index (χ0n) is 10.7. The van der Waals surface area contributed by atoms with Crippen LogP contribution >= 0.6 is 0 Å². The Morgan fingerprint density at radius 2 is 1.60 bits per heavy atom. The molecule has 0 radical (unpaired) electrons. The summed E-state index contributed by atoms with van der Waals surface area (Å²) in [5, 5.41) is 1.96. The summed E-state index contributed by atoms with van der Waals surface area (Å²) < 4.78 is 62.4. The van der Waals surface area contributed by atoms with Gasteiger partial charge in [-0.15, -0.1) is 0 Å². The Labute approximate surface area is 113 Å². The zero-order valence-corrected chi connectivity index (χ0v) is 10.7. The van der Waals surface area contributed by atoms with Crippen LogP contribution in [0.4, 0.5) is 22.0 Å². The van der Waals surface area contributed by atoms with Gasteiger partial charge < -0.3 is 5.32 Å². The largest absolute Gasteiger partial charge is 0.463 e. The Morgan fingerprint density at radius 3 is 2.25 bits per heavy atom. The van der Waals surface area contributed by atoms with Crippen LogP contribution in [0.25, 0.3) is 0 Å². The summed E-state index contributed by atoms with van der Waals surface area (Å²) in [6, 6.07) is -0.514. The maximum absolute atomic E-state index is 13.0. The van der Waals surface area contributed by atoms with Crippen LogP contribution in [0.3, 0.4) is 0 Å². The van der Waals surface area contributed by atoms with Crippen LogP contribution < -0.4 is 5.32 Å². The van der Waals surface area contributed by atoms with Crippen molar-refractivity contribution >= 4 is 5.91 Å². The number of fused-ring (bicyclic) bond motifs is 5. The second-order valence-electron chi connectivity index (χ2n) is 6.31. The molecule has 0 heterocycles. The van der Waals surface area contributed by atoms with Crippen LogP contribution in [0.5, 0.6) is 0 Å². The predicted molar refractivity (Wildman–Crippen MR) is 60.0 cm³/mol. The van der Waals surface area contributed by atoms with E-state index in [0.29, 0.717) is 24.2 Å². The van der Waals surface area contributed by atoms with Gasteiger partial charge in [0.1, 0.15) is 0 Å². The maximum Gasteiger partial charge on any atom is 0.463 e. The van der Waals surface area contributed by atoms with E-state index >= 15 is 0 Å². The lowest BCUT2D eigenvalue weighted by atomic mass is 9.79. The minimum atomic E-state index is -5.83. The van der Waals surface area contributed by atoms with Gasteiger partial charge in [0.15, 0.2) is 0 Å². The van der Waals surface area contributed by atoms with Crippen molar-refractivity contribution in [3.8, 4) is 0 Å². The molecule has 3 aliphatic rings. The third kappa shape index (κ3) is 1.92. The summed E-state index contributed by atoms with van der Waals surface area (Å²) in [4.78, 5) is 11.3. The molecule has 20 heavy (non-hydrogen) atoms. The van der Waals surface area contributed by atoms with E-state index in [1.54, 1.807) is 0 Å². The van der Waals surface area contributed by atoms with Gasteiger partial charge in [-0.25, -0.2) is 0 Å². The number of halogens is 5. The van der Waals surface area contributed by atoms with Gasteiger partial charge in [0.2, 0.25) is 0 Å². The second-order valence-corrected chi connectivity index (χ2v) is 6.31. The molecule has 0 aromatic carbocycles. The maximum atomic E-state index is 13.0. The SMILES string of the molecule is O=C(NC1CC2CC1C1CCCC21)C(F)(F)C(F)(F)F. The van der Waals surface area contributed by atoms with E-state index in [9.17, 15) is 26.7 Å². The van der Waals surface area contributed by atoms with Crippen LogP contribution in [-0.4, -0.2) is 24.0 Å². The van der Waals surface area contributed by atoms with E-state index in [-0.39, 0.29) is 5.92 Å². The minimum Gasteiger partial charge on any atom is -0.348 e. The third-order valence-electron chi connectivity index (χ3n) is 5.39. The zero-order chi connectivity index (χ0) is 14.7. The smallest absolute Gasteiger partial charge is 0.348 e. The molecule has 5 atom stereocenters. The van der Waals surface area contributed by atoms with Crippen molar-refractivity contribution in [1.29, 1.82) is 0 Å². The van der Waals surface area contributed by atoms with Crippen LogP contribution in [0.15, 0.2) is 0 Å². The van der Waals surface area contributed by atoms with Crippen LogP contribution in [-0.2, 0) is 4.79 Å². The highest BCUT2D eigenvalue weighted by atomic mass is 19.4. The van der Waals surface area contributed by atoms with E-state index in [1.807, 2.05) is 5.32 Å². The lowest BCUT2D eigenvalue weighted by molar-refractivity contribution is -0.270. The lowest BCUT2D eigenvalue weighted by Gasteiger charge is -2.33. The molecular formula is C13H16F5NO. The molecule has 3 saturated carbocycles. The van der Waals surface area contributed by atoms with E-state index in [0.717, 1.165) is 25.7 Å². The average Bonchev–Trinajstić information content (AvgIpc) is 2.97. The first-order chi connectivity index (χ1) is 9.22. The van der Waals surface area contributed by atoms with Crippen molar-refractivity contribution in [2.75, 3.05) is 0 Å². The van der Waals surface area contributed by atoms with E-state index in [2.05, 4.69) is 0 Å². The van der Waals surface area contributed by atoms with Crippen molar-refractivity contribution in [3.63, 3.8) is 0 Å². The molecule has 1 N–H and O–H groups in total. The van der Waals surface area contributed by atoms with E-state index in [1.165, 1.54) is 0 Å². The van der Waals surface area contributed by atoms with Gasteiger partial charge in [-0.1, -0.05) is 6.42 Å². The molecular weight excluding hydrogens is 281 g/mol. The Hall–Kier alpha value is -0.880. The normalized spacial score (nSPS) is 40.0. The van der Waals surface area contributed by atoms with Gasteiger partial charge in [-0.2, -0.15) is 22.0 Å². The summed E-state index contributed by atoms with van der Waals surface area (Å²) >= 11 is 0. The third-order valence-corrected chi connectivity index (χ3v) is 5.39. The molecule has 0 spiro atoms. The number of hydrogen-bond acceptors (Lipinski definition) is 1. The first kappa shape index (κ1) is 14.1. The molecule has 2 bridgehead atoms. The average molecular weight is 297 g/mol. The summed E-state index contributed by atoms with van der Waals surface area (Å²) in [7, 11) is 0. The van der Waals surface area contributed by atoms with Crippen LogP contribution in [0, 0.1) is 23.7 Å². The molecule has 3 aliphatic carbocycles. The number of nitrogens with one attached hydrogen (secondary N) is 1. The van der Waals surface area contributed by atoms with Crippen molar-refractivity contribution in [2.45, 2.75) is 50.2 Å². The number of carbonyl (C=O) groups is 1. The van der Waals surface area contributed by atoms with Gasteiger partial charge in [0.05, 0.1) is 0 Å². The van der Waals surface area contributed by atoms with Crippen LogP contribution in [0.1, 0.15) is 32.1 Å². The number of amides is 1. The quantitative estimate of drug-likeness (QED) is 0.780. The molecule has 7 heteroatoms. The Kier molecular flexibility index (Phi) is 3.03. The fourth-order valence-corrected chi connectivity index (χ4v) is 4.62. The molecule has 2 nitrogen and oxygen atoms in total. The Morgan fingerprint density at radius 1 is 0.950 bits per heavy atom. The highest BCUT2D eigenvalue weighted by Gasteiger charge is 2.64. The first-order valence-corrected chi connectivity index (χ1v) is 6.97. The summed E-state index contributed by atoms with van der Waals surface area (Å²) in [6.07, 6.45) is -1.19. The van der Waals surface area contributed by atoms with Crippen LogP contribution in [0.2, 0.25) is 0 Å². The van der Waals surface area contributed by atoms with E-state index in [4.69, 9.17) is 0 Å². The van der Waals surface area contributed by atoms with Crippen molar-refractivity contribution in [3.05, 3.63) is 0 Å². The first-order valence-electron chi connectivity index (χ1n) is 6.97. The highest BCUT2D eigenvalue weighted by molar-refractivity contribution is 5.84. The van der Waals surface area contributed by atoms with Gasteiger partial charge >= 0.3 is 18.0 Å². The van der Waals surface area contributed by atoms with Crippen molar-refractivity contribution < 1.29 is 26.7 Å². The van der Waals surface area contributed by atoms with Gasteiger partial charge in [0.25, 0.3) is 0 Å². The Balaban J connectivity index is 1.67. The monoisotopic (exact) mass is 297 g/mol. The van der Waals surface area contributed by atoms with Crippen molar-refractivity contribution in [1.82, 2.24) is 5.32 Å². The second kappa shape index (κ2) is 4.31. The molecule has 1 amide bonds. The topological polar surface area (TPSA) is 29.1 Å². The number of rotatable bonds is 2. The summed E-state index contributed by atoms with van der Waals surface area (Å²) in [5.41, 5.74) is 0. The number of alkyl halides is 5. The number of carbonyl (C=O) groups excluding carboxylic acids is 1. The fourth-order valence-electron chi connectivity index (χ4n) is 4.62. The molecule has 114 valence electrons. The summed E-state index contributed by atoms with van der Waals surface area (Å²) in [6.45, 7) is 0. The predicted octanol–water partition coefficient (Wildman–Crippen LogP) is 3.12. The molecule has 0 aromatic heterocycles. The highest BCUT2D eigenvalue weighted by Crippen LogP contribution is 2.58. The molecule has 0 saturated heterocycles. The molecule has 0 aromatic rings. The molecule has 5 unspecified atom stereocenters.